The zero-order valence-electron chi connectivity index (χ0n) is 10.0. The maximum Gasteiger partial charge on any atom is 0.228 e. The van der Waals surface area contributed by atoms with Crippen molar-refractivity contribution in [3.63, 3.8) is 0 Å². The van der Waals surface area contributed by atoms with Crippen molar-refractivity contribution in [3.05, 3.63) is 65.5 Å². The van der Waals surface area contributed by atoms with Crippen LogP contribution in [0.1, 0.15) is 16.8 Å². The Balaban J connectivity index is 2.31. The molecule has 0 fully saturated rings. The molecule has 0 unspecified atom stereocenters. The Kier molecular flexibility index (Phi) is 3.72. The molecule has 0 atom stereocenters. The van der Waals surface area contributed by atoms with Gasteiger partial charge < -0.3 is 5.21 Å². The summed E-state index contributed by atoms with van der Waals surface area (Å²) in [6.07, 6.45) is 3.26. The van der Waals surface area contributed by atoms with Gasteiger partial charge in [-0.15, -0.1) is 0 Å². The van der Waals surface area contributed by atoms with Crippen molar-refractivity contribution >= 4 is 6.21 Å². The van der Waals surface area contributed by atoms with E-state index in [0.717, 1.165) is 16.8 Å². The van der Waals surface area contributed by atoms with Crippen LogP contribution in [-0.2, 0) is 7.05 Å². The van der Waals surface area contributed by atoms with Gasteiger partial charge in [-0.3, -0.25) is 0 Å². The average molecular weight is 237 g/mol. The molecule has 3 heteroatoms. The normalized spacial score (nSPS) is 10.1. The fourth-order valence-corrected chi connectivity index (χ4v) is 1.52. The quantitative estimate of drug-likeness (QED) is 0.265. The van der Waals surface area contributed by atoms with Crippen molar-refractivity contribution < 1.29 is 9.77 Å². The maximum atomic E-state index is 8.56. The smallest absolute Gasteiger partial charge is 0.228 e. The summed E-state index contributed by atoms with van der Waals surface area (Å²) in [4.78, 5) is 0. The Morgan fingerprint density at radius 3 is 2.56 bits per heavy atom. The van der Waals surface area contributed by atoms with Crippen LogP contribution in [0.25, 0.3) is 0 Å². The molecule has 1 N–H and O–H groups in total. The van der Waals surface area contributed by atoms with Crippen molar-refractivity contribution in [1.29, 1.82) is 0 Å². The fourth-order valence-electron chi connectivity index (χ4n) is 1.52. The molecule has 1 aromatic carbocycles. The van der Waals surface area contributed by atoms with Gasteiger partial charge in [-0.1, -0.05) is 35.2 Å². The van der Waals surface area contributed by atoms with E-state index in [2.05, 4.69) is 17.0 Å². The highest BCUT2D eigenvalue weighted by Gasteiger charge is 2.03. The molecule has 0 saturated heterocycles. The minimum atomic E-state index is 0.789. The zero-order valence-corrected chi connectivity index (χ0v) is 10.0. The number of pyridine rings is 1. The van der Waals surface area contributed by atoms with Crippen LogP contribution in [0.2, 0.25) is 0 Å². The Morgan fingerprint density at radius 2 is 1.83 bits per heavy atom. The molecule has 2 rings (SSSR count). The molecule has 18 heavy (non-hydrogen) atoms. The minimum absolute atomic E-state index is 0.789. The highest BCUT2D eigenvalue weighted by Crippen LogP contribution is 1.99. The molecule has 0 amide bonds. The highest BCUT2D eigenvalue weighted by molar-refractivity contribution is 5.75. The molecule has 1 heterocycles. The van der Waals surface area contributed by atoms with Crippen molar-refractivity contribution in [2.45, 2.75) is 0 Å². The summed E-state index contributed by atoms with van der Waals surface area (Å²) in [7, 11) is 1.88. The lowest BCUT2D eigenvalue weighted by Gasteiger charge is -1.93. The lowest BCUT2D eigenvalue weighted by molar-refractivity contribution is -0.672. The molecule has 0 aliphatic carbocycles. The molecule has 0 spiro atoms. The Morgan fingerprint density at radius 1 is 1.11 bits per heavy atom. The first-order valence-electron chi connectivity index (χ1n) is 5.54. The minimum Gasteiger partial charge on any atom is -0.411 e. The van der Waals surface area contributed by atoms with Crippen molar-refractivity contribution in [1.82, 2.24) is 0 Å². The molecule has 1 aromatic heterocycles. The first-order valence-corrected chi connectivity index (χ1v) is 5.54. The van der Waals surface area contributed by atoms with Gasteiger partial charge in [0.1, 0.15) is 13.3 Å². The first kappa shape index (κ1) is 11.9. The number of benzene rings is 1. The third-order valence-electron chi connectivity index (χ3n) is 2.50. The van der Waals surface area contributed by atoms with E-state index in [1.165, 1.54) is 6.21 Å². The second-order valence-electron chi connectivity index (χ2n) is 3.81. The van der Waals surface area contributed by atoms with Crippen molar-refractivity contribution in [3.8, 4) is 11.8 Å². The van der Waals surface area contributed by atoms with Crippen LogP contribution in [-0.4, -0.2) is 11.4 Å². The monoisotopic (exact) mass is 237 g/mol. The lowest BCUT2D eigenvalue weighted by Crippen LogP contribution is -2.32. The van der Waals surface area contributed by atoms with E-state index in [1.807, 2.05) is 60.3 Å². The topological polar surface area (TPSA) is 36.5 Å². The summed E-state index contributed by atoms with van der Waals surface area (Å²) in [5, 5.41) is 11.6. The summed E-state index contributed by atoms with van der Waals surface area (Å²) in [6.45, 7) is 0. The summed E-state index contributed by atoms with van der Waals surface area (Å²) in [5.41, 5.74) is 2.65. The van der Waals surface area contributed by atoms with Gasteiger partial charge in [-0.25, -0.2) is 4.57 Å². The number of hydrogen-bond donors (Lipinski definition) is 1. The maximum absolute atomic E-state index is 8.56. The first-order chi connectivity index (χ1) is 8.79. The Labute approximate surface area is 106 Å². The highest BCUT2D eigenvalue weighted by atomic mass is 16.4. The fraction of sp³-hybridized carbons (Fsp3) is 0.0667. The second kappa shape index (κ2) is 5.65. The standard InChI is InChI=1S/C15H12N2O/c1-17-10-9-14(11-15(17)12-16-18)8-7-13-5-3-2-4-6-13/h2-6,9-12H,1H3/p+1. The van der Waals surface area contributed by atoms with Gasteiger partial charge >= 0.3 is 0 Å². The number of rotatable bonds is 1. The second-order valence-corrected chi connectivity index (χ2v) is 3.81. The van der Waals surface area contributed by atoms with Crippen LogP contribution < -0.4 is 4.57 Å². The number of hydrogen-bond acceptors (Lipinski definition) is 2. The summed E-state index contributed by atoms with van der Waals surface area (Å²) in [5.74, 6) is 6.16. The van der Waals surface area contributed by atoms with E-state index < -0.39 is 0 Å². The van der Waals surface area contributed by atoms with Crippen LogP contribution in [0.15, 0.2) is 53.8 Å². The van der Waals surface area contributed by atoms with Crippen LogP contribution in [0.5, 0.6) is 0 Å². The molecule has 2 aromatic rings. The molecule has 0 radical (unpaired) electrons. The molecular weight excluding hydrogens is 224 g/mol. The van der Waals surface area contributed by atoms with E-state index in [4.69, 9.17) is 5.21 Å². The van der Waals surface area contributed by atoms with Gasteiger partial charge in [-0.2, -0.15) is 0 Å². The average Bonchev–Trinajstić information content (AvgIpc) is 2.41. The van der Waals surface area contributed by atoms with Crippen LogP contribution in [0.4, 0.5) is 0 Å². The van der Waals surface area contributed by atoms with E-state index in [-0.39, 0.29) is 0 Å². The molecule has 3 nitrogen and oxygen atoms in total. The van der Waals surface area contributed by atoms with Crippen molar-refractivity contribution in [2.75, 3.05) is 0 Å². The van der Waals surface area contributed by atoms with Gasteiger partial charge in [0.05, 0.1) is 0 Å². The lowest BCUT2D eigenvalue weighted by atomic mass is 10.2. The molecule has 88 valence electrons. The van der Waals surface area contributed by atoms with Gasteiger partial charge in [0, 0.05) is 23.3 Å². The van der Waals surface area contributed by atoms with Crippen LogP contribution in [0, 0.1) is 11.8 Å². The third-order valence-corrected chi connectivity index (χ3v) is 2.50. The number of aromatic nitrogens is 1. The molecular formula is C15H13N2O+. The van der Waals surface area contributed by atoms with E-state index in [0.29, 0.717) is 0 Å². The predicted octanol–water partition coefficient (Wildman–Crippen LogP) is 1.72. The molecule has 0 aliphatic heterocycles. The van der Waals surface area contributed by atoms with Gasteiger partial charge in [-0.05, 0) is 12.1 Å². The summed E-state index contributed by atoms with van der Waals surface area (Å²) >= 11 is 0. The van der Waals surface area contributed by atoms with Crippen molar-refractivity contribution in [2.24, 2.45) is 12.2 Å². The Bertz CT molecular complexity index is 622. The third kappa shape index (κ3) is 2.96. The molecule has 0 bridgehead atoms. The number of aryl methyl sites for hydroxylation is 1. The summed E-state index contributed by atoms with van der Waals surface area (Å²) in [6, 6.07) is 13.6. The van der Waals surface area contributed by atoms with Gasteiger partial charge in [0.2, 0.25) is 5.69 Å². The molecule has 0 saturated carbocycles. The molecule has 0 aliphatic rings. The zero-order chi connectivity index (χ0) is 12.8. The van der Waals surface area contributed by atoms with Gasteiger partial charge in [0.25, 0.3) is 0 Å². The largest absolute Gasteiger partial charge is 0.411 e. The Hall–Kier alpha value is -2.60. The number of oxime groups is 1. The van der Waals surface area contributed by atoms with E-state index >= 15 is 0 Å². The summed E-state index contributed by atoms with van der Waals surface area (Å²) < 4.78 is 1.85. The van der Waals surface area contributed by atoms with E-state index in [1.54, 1.807) is 0 Å². The van der Waals surface area contributed by atoms with Crippen LogP contribution in [0.3, 0.4) is 0 Å². The predicted molar refractivity (Wildman–Crippen MR) is 69.4 cm³/mol. The van der Waals surface area contributed by atoms with Gasteiger partial charge in [0.15, 0.2) is 6.20 Å². The SMILES string of the molecule is C[n+]1ccc(C#Cc2ccccc2)cc1/C=N/O. The van der Waals surface area contributed by atoms with E-state index in [9.17, 15) is 0 Å². The number of nitrogens with zero attached hydrogens (tertiary/aromatic N) is 2. The van der Waals surface area contributed by atoms with Crippen LogP contribution >= 0.6 is 0 Å².